The molecular formula is C12H6F2N2. The highest BCUT2D eigenvalue weighted by molar-refractivity contribution is 5.70. The summed E-state index contributed by atoms with van der Waals surface area (Å²) >= 11 is 0. The van der Waals surface area contributed by atoms with Crippen LogP contribution >= 0.6 is 0 Å². The van der Waals surface area contributed by atoms with E-state index >= 15 is 0 Å². The van der Waals surface area contributed by atoms with Crippen LogP contribution in [0.1, 0.15) is 5.56 Å². The Hall–Kier alpha value is -2.28. The predicted molar refractivity (Wildman–Crippen MR) is 54.3 cm³/mol. The standard InChI is InChI=1S/C12H6F2N2/c13-11-7-16-12(14)5-10(11)9-4-2-1-3-8(9)6-15/h1-5,7H. The maximum absolute atomic E-state index is 13.4. The van der Waals surface area contributed by atoms with Crippen molar-refractivity contribution < 1.29 is 8.78 Å². The Bertz CT molecular complexity index is 573. The Morgan fingerprint density at radius 2 is 1.88 bits per heavy atom. The summed E-state index contributed by atoms with van der Waals surface area (Å²) < 4.78 is 26.3. The minimum Gasteiger partial charge on any atom is -0.225 e. The Morgan fingerprint density at radius 3 is 2.62 bits per heavy atom. The summed E-state index contributed by atoms with van der Waals surface area (Å²) in [6, 6.07) is 9.35. The van der Waals surface area contributed by atoms with Crippen molar-refractivity contribution in [2.24, 2.45) is 0 Å². The Morgan fingerprint density at radius 1 is 1.12 bits per heavy atom. The number of halogens is 2. The van der Waals surface area contributed by atoms with Crippen molar-refractivity contribution >= 4 is 0 Å². The molecular weight excluding hydrogens is 210 g/mol. The third kappa shape index (κ3) is 1.75. The molecule has 4 heteroatoms. The monoisotopic (exact) mass is 216 g/mol. The highest BCUT2D eigenvalue weighted by Gasteiger charge is 2.10. The lowest BCUT2D eigenvalue weighted by Crippen LogP contribution is -1.92. The molecule has 0 bridgehead atoms. The fourth-order valence-electron chi connectivity index (χ4n) is 1.44. The number of pyridine rings is 1. The maximum Gasteiger partial charge on any atom is 0.213 e. The summed E-state index contributed by atoms with van der Waals surface area (Å²) in [5.41, 5.74) is 0.709. The number of nitrogens with zero attached hydrogens (tertiary/aromatic N) is 2. The van der Waals surface area contributed by atoms with Gasteiger partial charge in [-0.15, -0.1) is 0 Å². The van der Waals surface area contributed by atoms with Crippen LogP contribution in [0.15, 0.2) is 36.5 Å². The van der Waals surface area contributed by atoms with Crippen LogP contribution in [-0.2, 0) is 0 Å². The molecule has 1 aromatic carbocycles. The molecule has 78 valence electrons. The zero-order valence-electron chi connectivity index (χ0n) is 8.11. The van der Waals surface area contributed by atoms with E-state index in [-0.39, 0.29) is 5.56 Å². The average Bonchev–Trinajstić information content (AvgIpc) is 2.32. The molecule has 0 aliphatic heterocycles. The molecule has 2 aromatic rings. The lowest BCUT2D eigenvalue weighted by atomic mass is 10.0. The van der Waals surface area contributed by atoms with Crippen molar-refractivity contribution in [1.29, 1.82) is 5.26 Å². The molecule has 0 N–H and O–H groups in total. The summed E-state index contributed by atoms with van der Waals surface area (Å²) in [6.07, 6.45) is 0.804. The second-order valence-electron chi connectivity index (χ2n) is 3.14. The van der Waals surface area contributed by atoms with Crippen LogP contribution in [-0.4, -0.2) is 4.98 Å². The van der Waals surface area contributed by atoms with Gasteiger partial charge in [0.15, 0.2) is 0 Å². The minimum absolute atomic E-state index is 0.0460. The van der Waals surface area contributed by atoms with Gasteiger partial charge in [0, 0.05) is 17.2 Å². The summed E-state index contributed by atoms with van der Waals surface area (Å²) in [5, 5.41) is 8.86. The molecule has 1 heterocycles. The molecule has 0 aliphatic carbocycles. The van der Waals surface area contributed by atoms with Crippen LogP contribution in [0.2, 0.25) is 0 Å². The number of benzene rings is 1. The quantitative estimate of drug-likeness (QED) is 0.687. The van der Waals surface area contributed by atoms with Gasteiger partial charge >= 0.3 is 0 Å². The third-order valence-electron chi connectivity index (χ3n) is 2.16. The van der Waals surface area contributed by atoms with E-state index in [1.807, 2.05) is 6.07 Å². The zero-order valence-corrected chi connectivity index (χ0v) is 8.11. The molecule has 2 nitrogen and oxygen atoms in total. The van der Waals surface area contributed by atoms with Crippen LogP contribution in [0.5, 0.6) is 0 Å². The van der Waals surface area contributed by atoms with Crippen LogP contribution in [0.25, 0.3) is 11.1 Å². The average molecular weight is 216 g/mol. The molecule has 0 radical (unpaired) electrons. The summed E-state index contributed by atoms with van der Waals surface area (Å²) in [4.78, 5) is 3.20. The first-order chi connectivity index (χ1) is 7.72. The van der Waals surface area contributed by atoms with Crippen LogP contribution in [0.4, 0.5) is 8.78 Å². The molecule has 0 aliphatic rings. The normalized spacial score (nSPS) is 9.81. The second-order valence-corrected chi connectivity index (χ2v) is 3.14. The Balaban J connectivity index is 2.68. The fourth-order valence-corrected chi connectivity index (χ4v) is 1.44. The lowest BCUT2D eigenvalue weighted by molar-refractivity contribution is 0.562. The van der Waals surface area contributed by atoms with Gasteiger partial charge < -0.3 is 0 Å². The molecule has 0 unspecified atom stereocenters. The van der Waals surface area contributed by atoms with Crippen molar-refractivity contribution in [3.8, 4) is 17.2 Å². The van der Waals surface area contributed by atoms with Gasteiger partial charge in [0.05, 0.1) is 17.8 Å². The number of hydrogen-bond acceptors (Lipinski definition) is 2. The highest BCUT2D eigenvalue weighted by Crippen LogP contribution is 2.25. The van der Waals surface area contributed by atoms with Gasteiger partial charge in [0.1, 0.15) is 5.82 Å². The molecule has 2 rings (SSSR count). The van der Waals surface area contributed by atoms with Gasteiger partial charge in [-0.3, -0.25) is 0 Å². The second kappa shape index (κ2) is 4.07. The first kappa shape index (κ1) is 10.2. The maximum atomic E-state index is 13.4. The highest BCUT2D eigenvalue weighted by atomic mass is 19.1. The molecule has 0 spiro atoms. The molecule has 0 saturated carbocycles. The van der Waals surface area contributed by atoms with Crippen molar-refractivity contribution in [2.75, 3.05) is 0 Å². The van der Waals surface area contributed by atoms with E-state index < -0.39 is 11.8 Å². The van der Waals surface area contributed by atoms with E-state index in [9.17, 15) is 8.78 Å². The van der Waals surface area contributed by atoms with E-state index in [1.54, 1.807) is 24.3 Å². The first-order valence-corrected chi connectivity index (χ1v) is 4.53. The largest absolute Gasteiger partial charge is 0.225 e. The Kier molecular flexibility index (Phi) is 2.61. The van der Waals surface area contributed by atoms with Gasteiger partial charge in [-0.05, 0) is 6.07 Å². The molecule has 16 heavy (non-hydrogen) atoms. The van der Waals surface area contributed by atoms with Crippen LogP contribution in [0, 0.1) is 23.1 Å². The van der Waals surface area contributed by atoms with Gasteiger partial charge in [0.25, 0.3) is 0 Å². The molecule has 1 aromatic heterocycles. The smallest absolute Gasteiger partial charge is 0.213 e. The van der Waals surface area contributed by atoms with E-state index in [2.05, 4.69) is 4.98 Å². The van der Waals surface area contributed by atoms with Gasteiger partial charge in [-0.25, -0.2) is 9.37 Å². The van der Waals surface area contributed by atoms with Crippen molar-refractivity contribution in [3.05, 3.63) is 53.9 Å². The summed E-state index contributed by atoms with van der Waals surface area (Å²) in [7, 11) is 0. The van der Waals surface area contributed by atoms with Crippen molar-refractivity contribution in [1.82, 2.24) is 4.98 Å². The summed E-state index contributed by atoms with van der Waals surface area (Å²) in [5.74, 6) is -1.42. The van der Waals surface area contributed by atoms with E-state index in [0.29, 0.717) is 11.1 Å². The minimum atomic E-state index is -0.774. The lowest BCUT2D eigenvalue weighted by Gasteiger charge is -2.04. The SMILES string of the molecule is N#Cc1ccccc1-c1cc(F)ncc1F. The fraction of sp³-hybridized carbons (Fsp3) is 0. The topological polar surface area (TPSA) is 36.7 Å². The van der Waals surface area contributed by atoms with E-state index in [0.717, 1.165) is 12.3 Å². The van der Waals surface area contributed by atoms with E-state index in [1.165, 1.54) is 0 Å². The van der Waals surface area contributed by atoms with E-state index in [4.69, 9.17) is 5.26 Å². The van der Waals surface area contributed by atoms with Gasteiger partial charge in [-0.2, -0.15) is 9.65 Å². The molecule has 0 amide bonds. The molecule has 0 saturated heterocycles. The number of nitriles is 1. The van der Waals surface area contributed by atoms with Crippen molar-refractivity contribution in [3.63, 3.8) is 0 Å². The van der Waals surface area contributed by atoms with Crippen molar-refractivity contribution in [2.45, 2.75) is 0 Å². The number of rotatable bonds is 1. The molecule has 0 atom stereocenters. The predicted octanol–water partition coefficient (Wildman–Crippen LogP) is 2.90. The zero-order chi connectivity index (χ0) is 11.5. The Labute approximate surface area is 90.8 Å². The van der Waals surface area contributed by atoms with Crippen LogP contribution in [0.3, 0.4) is 0 Å². The number of aromatic nitrogens is 1. The van der Waals surface area contributed by atoms with Crippen LogP contribution < -0.4 is 0 Å². The van der Waals surface area contributed by atoms with Gasteiger partial charge in [0.2, 0.25) is 5.95 Å². The summed E-state index contributed by atoms with van der Waals surface area (Å²) in [6.45, 7) is 0. The third-order valence-corrected chi connectivity index (χ3v) is 2.16. The number of hydrogen-bond donors (Lipinski definition) is 0. The first-order valence-electron chi connectivity index (χ1n) is 4.53. The van der Waals surface area contributed by atoms with Gasteiger partial charge in [-0.1, -0.05) is 18.2 Å². The molecule has 0 fully saturated rings.